The smallest absolute Gasteiger partial charge is 0.278 e. The second-order valence-corrected chi connectivity index (χ2v) is 7.43. The van der Waals surface area contributed by atoms with E-state index < -0.39 is 0 Å². The molecule has 0 unspecified atom stereocenters. The fraction of sp³-hybridized carbons (Fsp3) is 0.120. The summed E-state index contributed by atoms with van der Waals surface area (Å²) in [6.45, 7) is 2.56. The first-order valence-electron chi connectivity index (χ1n) is 9.97. The van der Waals surface area contributed by atoms with Gasteiger partial charge in [0, 0.05) is 5.02 Å². The maximum atomic E-state index is 13.4. The lowest BCUT2D eigenvalue weighted by Gasteiger charge is -2.16. The number of anilines is 1. The molecule has 0 aromatic heterocycles. The Bertz CT molecular complexity index is 1140. The first-order valence-corrected chi connectivity index (χ1v) is 10.4. The fourth-order valence-corrected chi connectivity index (χ4v) is 3.60. The number of para-hydroxylation sites is 2. The average Bonchev–Trinajstić information content (AvgIpc) is 3.01. The SMILES string of the molecule is CCOc1ccccc1NC1=C(c2ccc(Cl)cc2)C(=O)N(Cc2ccccc2)C1=O. The molecule has 3 aromatic carbocycles. The van der Waals surface area contributed by atoms with Gasteiger partial charge in [-0.1, -0.05) is 66.2 Å². The maximum absolute atomic E-state index is 13.4. The van der Waals surface area contributed by atoms with E-state index >= 15 is 0 Å². The van der Waals surface area contributed by atoms with Crippen LogP contribution >= 0.6 is 11.6 Å². The van der Waals surface area contributed by atoms with Crippen LogP contribution < -0.4 is 10.1 Å². The number of nitrogens with zero attached hydrogens (tertiary/aromatic N) is 1. The fourth-order valence-electron chi connectivity index (χ4n) is 3.47. The summed E-state index contributed by atoms with van der Waals surface area (Å²) in [5, 5.41) is 3.72. The molecule has 0 bridgehead atoms. The third kappa shape index (κ3) is 4.32. The Kier molecular flexibility index (Phi) is 6.05. The van der Waals surface area contributed by atoms with Crippen molar-refractivity contribution in [2.45, 2.75) is 13.5 Å². The number of carbonyl (C=O) groups excluding carboxylic acids is 2. The summed E-state index contributed by atoms with van der Waals surface area (Å²) in [6.07, 6.45) is 0. The molecule has 1 heterocycles. The highest BCUT2D eigenvalue weighted by molar-refractivity contribution is 6.36. The quantitative estimate of drug-likeness (QED) is 0.526. The van der Waals surface area contributed by atoms with Crippen molar-refractivity contribution in [2.24, 2.45) is 0 Å². The highest BCUT2D eigenvalue weighted by Gasteiger charge is 2.39. The zero-order chi connectivity index (χ0) is 21.8. The van der Waals surface area contributed by atoms with E-state index in [1.165, 1.54) is 4.90 Å². The van der Waals surface area contributed by atoms with Crippen LogP contribution in [-0.4, -0.2) is 23.3 Å². The highest BCUT2D eigenvalue weighted by atomic mass is 35.5. The molecule has 0 aliphatic carbocycles. The minimum atomic E-state index is -0.384. The monoisotopic (exact) mass is 432 g/mol. The molecule has 31 heavy (non-hydrogen) atoms. The van der Waals surface area contributed by atoms with Crippen molar-refractivity contribution in [3.63, 3.8) is 0 Å². The second kappa shape index (κ2) is 9.06. The van der Waals surface area contributed by atoms with Gasteiger partial charge in [0.1, 0.15) is 11.4 Å². The Morgan fingerprint density at radius 1 is 0.871 bits per heavy atom. The van der Waals surface area contributed by atoms with Gasteiger partial charge in [0.15, 0.2) is 0 Å². The zero-order valence-electron chi connectivity index (χ0n) is 17.0. The first kappa shape index (κ1) is 20.7. The molecule has 0 saturated heterocycles. The molecule has 1 aliphatic rings. The standard InChI is InChI=1S/C25H21ClN2O3/c1-2-31-21-11-7-6-10-20(21)27-23-22(18-12-14-19(26)15-13-18)24(29)28(25(23)30)16-17-8-4-3-5-9-17/h3-15,27H,2,16H2,1H3. The molecule has 0 fully saturated rings. The highest BCUT2D eigenvalue weighted by Crippen LogP contribution is 2.34. The van der Waals surface area contributed by atoms with E-state index in [4.69, 9.17) is 16.3 Å². The lowest BCUT2D eigenvalue weighted by Crippen LogP contribution is -2.32. The minimum absolute atomic E-state index is 0.188. The van der Waals surface area contributed by atoms with E-state index in [0.29, 0.717) is 34.2 Å². The van der Waals surface area contributed by atoms with Gasteiger partial charge in [-0.15, -0.1) is 0 Å². The van der Waals surface area contributed by atoms with E-state index in [1.54, 1.807) is 24.3 Å². The molecule has 5 nitrogen and oxygen atoms in total. The number of nitrogens with one attached hydrogen (secondary N) is 1. The number of imide groups is 1. The second-order valence-electron chi connectivity index (χ2n) is 6.99. The number of amides is 2. The van der Waals surface area contributed by atoms with Crippen molar-refractivity contribution in [3.05, 3.63) is 101 Å². The lowest BCUT2D eigenvalue weighted by molar-refractivity contribution is -0.137. The summed E-state index contributed by atoms with van der Waals surface area (Å²) >= 11 is 6.03. The van der Waals surface area contributed by atoms with Crippen molar-refractivity contribution in [1.29, 1.82) is 0 Å². The molecule has 4 rings (SSSR count). The Hall–Kier alpha value is -3.57. The summed E-state index contributed by atoms with van der Waals surface area (Å²) in [5.41, 5.74) is 2.64. The van der Waals surface area contributed by atoms with Crippen LogP contribution in [0.2, 0.25) is 5.02 Å². The third-order valence-corrected chi connectivity index (χ3v) is 5.18. The Morgan fingerprint density at radius 3 is 2.26 bits per heavy atom. The van der Waals surface area contributed by atoms with Crippen LogP contribution in [0, 0.1) is 0 Å². The molecule has 0 saturated carbocycles. The first-order chi connectivity index (χ1) is 15.1. The van der Waals surface area contributed by atoms with E-state index in [9.17, 15) is 9.59 Å². The molecule has 3 aromatic rings. The van der Waals surface area contributed by atoms with Gasteiger partial charge in [-0.3, -0.25) is 14.5 Å². The van der Waals surface area contributed by atoms with Crippen molar-refractivity contribution in [2.75, 3.05) is 11.9 Å². The van der Waals surface area contributed by atoms with Gasteiger partial charge in [0.05, 0.1) is 24.4 Å². The third-order valence-electron chi connectivity index (χ3n) is 4.93. The Balaban J connectivity index is 1.76. The number of halogens is 1. The number of carbonyl (C=O) groups is 2. The number of rotatable bonds is 7. The average molecular weight is 433 g/mol. The van der Waals surface area contributed by atoms with E-state index in [2.05, 4.69) is 5.32 Å². The van der Waals surface area contributed by atoms with Crippen LogP contribution in [-0.2, 0) is 16.1 Å². The molecular formula is C25H21ClN2O3. The predicted octanol–water partition coefficient (Wildman–Crippen LogP) is 5.13. The summed E-state index contributed by atoms with van der Waals surface area (Å²) in [7, 11) is 0. The Morgan fingerprint density at radius 2 is 1.55 bits per heavy atom. The van der Waals surface area contributed by atoms with E-state index in [1.807, 2.05) is 61.5 Å². The Labute approximate surface area is 185 Å². The summed E-state index contributed by atoms with van der Waals surface area (Å²) in [5.74, 6) is -0.132. The summed E-state index contributed by atoms with van der Waals surface area (Å²) in [6, 6.07) is 23.6. The van der Waals surface area contributed by atoms with Crippen molar-refractivity contribution in [1.82, 2.24) is 4.90 Å². The van der Waals surface area contributed by atoms with Gasteiger partial charge < -0.3 is 10.1 Å². The van der Waals surface area contributed by atoms with Crippen LogP contribution in [0.3, 0.4) is 0 Å². The van der Waals surface area contributed by atoms with Crippen molar-refractivity contribution in [3.8, 4) is 5.75 Å². The zero-order valence-corrected chi connectivity index (χ0v) is 17.7. The van der Waals surface area contributed by atoms with Gasteiger partial charge in [0.2, 0.25) is 0 Å². The lowest BCUT2D eigenvalue weighted by atomic mass is 10.0. The molecule has 1 aliphatic heterocycles. The normalized spacial score (nSPS) is 13.7. The molecule has 156 valence electrons. The maximum Gasteiger partial charge on any atom is 0.278 e. The van der Waals surface area contributed by atoms with Gasteiger partial charge in [-0.2, -0.15) is 0 Å². The van der Waals surface area contributed by atoms with Crippen LogP contribution in [0.25, 0.3) is 5.57 Å². The predicted molar refractivity (Wildman–Crippen MR) is 122 cm³/mol. The van der Waals surface area contributed by atoms with Crippen LogP contribution in [0.1, 0.15) is 18.1 Å². The van der Waals surface area contributed by atoms with Crippen molar-refractivity contribution >= 4 is 34.7 Å². The molecule has 6 heteroatoms. The topological polar surface area (TPSA) is 58.6 Å². The molecule has 0 atom stereocenters. The molecule has 2 amide bonds. The molecule has 0 radical (unpaired) electrons. The molecule has 1 N–H and O–H groups in total. The number of ether oxygens (including phenoxy) is 1. The number of hydrogen-bond donors (Lipinski definition) is 1. The van der Waals surface area contributed by atoms with Gasteiger partial charge >= 0.3 is 0 Å². The number of benzene rings is 3. The van der Waals surface area contributed by atoms with Gasteiger partial charge in [-0.25, -0.2) is 0 Å². The minimum Gasteiger partial charge on any atom is -0.492 e. The van der Waals surface area contributed by atoms with E-state index in [0.717, 1.165) is 5.56 Å². The van der Waals surface area contributed by atoms with Crippen LogP contribution in [0.5, 0.6) is 5.75 Å². The van der Waals surface area contributed by atoms with Gasteiger partial charge in [-0.05, 0) is 42.3 Å². The van der Waals surface area contributed by atoms with Gasteiger partial charge in [0.25, 0.3) is 11.8 Å². The summed E-state index contributed by atoms with van der Waals surface area (Å²) < 4.78 is 5.68. The molecule has 0 spiro atoms. The van der Waals surface area contributed by atoms with Crippen LogP contribution in [0.4, 0.5) is 5.69 Å². The van der Waals surface area contributed by atoms with Crippen molar-refractivity contribution < 1.29 is 14.3 Å². The van der Waals surface area contributed by atoms with Crippen LogP contribution in [0.15, 0.2) is 84.6 Å². The molecular weight excluding hydrogens is 412 g/mol. The largest absolute Gasteiger partial charge is 0.492 e. The van der Waals surface area contributed by atoms with E-state index in [-0.39, 0.29) is 24.1 Å². The number of hydrogen-bond acceptors (Lipinski definition) is 4. The summed E-state index contributed by atoms with van der Waals surface area (Å²) in [4.78, 5) is 28.0.